The lowest BCUT2D eigenvalue weighted by Crippen LogP contribution is -2.23. The molecule has 11 heavy (non-hydrogen) atoms. The van der Waals surface area contributed by atoms with Crippen molar-refractivity contribution in [3.05, 3.63) is 0 Å². The Kier molecular flexibility index (Phi) is 0.906. The summed E-state index contributed by atoms with van der Waals surface area (Å²) in [7, 11) is 0. The molecule has 0 radical (unpaired) electrons. The first-order valence-corrected chi connectivity index (χ1v) is 5.09. The first kappa shape index (κ1) is 6.51. The first-order chi connectivity index (χ1) is 5.09. The molecule has 0 saturated heterocycles. The molecule has 3 atom stereocenters. The van der Waals surface area contributed by atoms with E-state index in [1.54, 1.807) is 12.8 Å². The van der Waals surface area contributed by atoms with Gasteiger partial charge in [0.15, 0.2) is 0 Å². The molecule has 0 aromatic carbocycles. The van der Waals surface area contributed by atoms with Crippen LogP contribution in [0.2, 0.25) is 0 Å². The first-order valence-electron chi connectivity index (χ1n) is 5.09. The van der Waals surface area contributed by atoms with E-state index < -0.39 is 0 Å². The van der Waals surface area contributed by atoms with Gasteiger partial charge in [-0.25, -0.2) is 0 Å². The highest BCUT2D eigenvalue weighted by atomic mass is 14.7. The number of hydrogen-bond acceptors (Lipinski definition) is 0. The van der Waals surface area contributed by atoms with Crippen molar-refractivity contribution in [2.45, 2.75) is 33.6 Å². The molecule has 0 aromatic heterocycles. The zero-order valence-corrected chi connectivity index (χ0v) is 7.80. The maximum Gasteiger partial charge on any atom is -0.0303 e. The second-order valence-corrected chi connectivity index (χ2v) is 6.03. The molecule has 0 spiro atoms. The van der Waals surface area contributed by atoms with E-state index in [0.29, 0.717) is 5.41 Å². The van der Waals surface area contributed by atoms with Gasteiger partial charge in [-0.2, -0.15) is 0 Å². The van der Waals surface area contributed by atoms with E-state index in [2.05, 4.69) is 20.8 Å². The molecule has 62 valence electrons. The smallest absolute Gasteiger partial charge is 0.0303 e. The van der Waals surface area contributed by atoms with Gasteiger partial charge in [0.25, 0.3) is 0 Å². The highest BCUT2D eigenvalue weighted by Crippen LogP contribution is 2.76. The molecule has 0 aromatic rings. The van der Waals surface area contributed by atoms with Crippen LogP contribution in [0.15, 0.2) is 0 Å². The molecule has 4 fully saturated rings. The van der Waals surface area contributed by atoms with Crippen molar-refractivity contribution >= 4 is 0 Å². The van der Waals surface area contributed by atoms with Gasteiger partial charge < -0.3 is 0 Å². The third-order valence-electron chi connectivity index (χ3n) is 4.47. The summed E-state index contributed by atoms with van der Waals surface area (Å²) in [6.07, 6.45) is 3.19. The fraction of sp³-hybridized carbons (Fsp3) is 1.00. The van der Waals surface area contributed by atoms with Crippen LogP contribution < -0.4 is 0 Å². The summed E-state index contributed by atoms with van der Waals surface area (Å²) in [5, 5.41) is 0. The van der Waals surface area contributed by atoms with Crippen molar-refractivity contribution < 1.29 is 0 Å². The third kappa shape index (κ3) is 0.625. The molecule has 0 N–H and O–H groups in total. The maximum atomic E-state index is 2.44. The highest BCUT2D eigenvalue weighted by molar-refractivity contribution is 5.18. The lowest BCUT2D eigenvalue weighted by molar-refractivity contribution is 0.190. The van der Waals surface area contributed by atoms with Crippen molar-refractivity contribution in [3.63, 3.8) is 0 Å². The van der Waals surface area contributed by atoms with Crippen LogP contribution in [0.25, 0.3) is 0 Å². The average molecular weight is 150 g/mol. The quantitative estimate of drug-likeness (QED) is 0.498. The lowest BCUT2D eigenvalue weighted by atomic mass is 9.75. The molecule has 0 aliphatic heterocycles. The van der Waals surface area contributed by atoms with Crippen LogP contribution in [0.5, 0.6) is 0 Å². The molecule has 0 nitrogen and oxygen atoms in total. The second-order valence-electron chi connectivity index (χ2n) is 6.03. The zero-order valence-electron chi connectivity index (χ0n) is 7.80. The molecular weight excluding hydrogens is 132 g/mol. The van der Waals surface area contributed by atoms with Gasteiger partial charge >= 0.3 is 0 Å². The van der Waals surface area contributed by atoms with E-state index in [-0.39, 0.29) is 0 Å². The van der Waals surface area contributed by atoms with Gasteiger partial charge in [0.1, 0.15) is 0 Å². The Balaban J connectivity index is 1.92. The van der Waals surface area contributed by atoms with Crippen molar-refractivity contribution in [1.29, 1.82) is 0 Å². The fourth-order valence-corrected chi connectivity index (χ4v) is 4.36. The highest BCUT2D eigenvalue weighted by Gasteiger charge is 2.69. The van der Waals surface area contributed by atoms with Crippen molar-refractivity contribution in [1.82, 2.24) is 0 Å². The van der Waals surface area contributed by atoms with E-state index in [1.165, 1.54) is 17.8 Å². The summed E-state index contributed by atoms with van der Waals surface area (Å²) in [6, 6.07) is 0. The van der Waals surface area contributed by atoms with Crippen LogP contribution in [0.3, 0.4) is 0 Å². The third-order valence-corrected chi connectivity index (χ3v) is 4.47. The van der Waals surface area contributed by atoms with Crippen LogP contribution in [0, 0.1) is 35.0 Å². The molecule has 4 aliphatic carbocycles. The Labute approximate surface area is 69.4 Å². The molecular formula is C11H18. The normalized spacial score (nSPS) is 58.6. The fourth-order valence-electron chi connectivity index (χ4n) is 4.36. The summed E-state index contributed by atoms with van der Waals surface area (Å²) in [5.74, 6) is 5.81. The minimum Gasteiger partial charge on any atom is -0.0599 e. The molecule has 4 saturated carbocycles. The van der Waals surface area contributed by atoms with Gasteiger partial charge in [0.2, 0.25) is 0 Å². The van der Waals surface area contributed by atoms with Gasteiger partial charge in [-0.05, 0) is 47.8 Å². The maximum absolute atomic E-state index is 2.44. The van der Waals surface area contributed by atoms with Crippen LogP contribution >= 0.6 is 0 Å². The lowest BCUT2D eigenvalue weighted by Gasteiger charge is -2.30. The summed E-state index contributed by atoms with van der Waals surface area (Å²) in [6.45, 7) is 7.31. The summed E-state index contributed by atoms with van der Waals surface area (Å²) < 4.78 is 0. The average Bonchev–Trinajstić information content (AvgIpc) is 2.35. The standard InChI is InChI=1S/C11H18/c1-11(2,3)10-6-4-7-8(5-6)9(7)10/h6-10H,4-5H2,1-3H3. The van der Waals surface area contributed by atoms with Gasteiger partial charge in [-0.1, -0.05) is 20.8 Å². The Bertz CT molecular complexity index is 185. The van der Waals surface area contributed by atoms with Crippen LogP contribution in [-0.2, 0) is 0 Å². The monoisotopic (exact) mass is 150 g/mol. The Morgan fingerprint density at radius 1 is 1.00 bits per heavy atom. The molecule has 0 heterocycles. The summed E-state index contributed by atoms with van der Waals surface area (Å²) in [4.78, 5) is 0. The van der Waals surface area contributed by atoms with Crippen molar-refractivity contribution in [3.8, 4) is 0 Å². The van der Waals surface area contributed by atoms with E-state index >= 15 is 0 Å². The van der Waals surface area contributed by atoms with E-state index in [1.807, 2.05) is 0 Å². The van der Waals surface area contributed by atoms with Gasteiger partial charge in [-0.3, -0.25) is 0 Å². The predicted molar refractivity (Wildman–Crippen MR) is 46.1 cm³/mol. The van der Waals surface area contributed by atoms with Crippen molar-refractivity contribution in [2.75, 3.05) is 0 Å². The topological polar surface area (TPSA) is 0 Å². The Hall–Kier alpha value is 0. The summed E-state index contributed by atoms with van der Waals surface area (Å²) in [5.41, 5.74) is 0.606. The zero-order chi connectivity index (χ0) is 7.80. The Morgan fingerprint density at radius 2 is 1.55 bits per heavy atom. The molecule has 0 amide bonds. The second kappa shape index (κ2) is 1.53. The number of rotatable bonds is 0. The SMILES string of the molecule is CC(C)(C)C1C2CC3C(C2)C31. The van der Waals surface area contributed by atoms with Gasteiger partial charge in [0, 0.05) is 0 Å². The van der Waals surface area contributed by atoms with Crippen molar-refractivity contribution in [2.24, 2.45) is 35.0 Å². The van der Waals surface area contributed by atoms with Crippen LogP contribution in [0.1, 0.15) is 33.6 Å². The van der Waals surface area contributed by atoms with E-state index in [9.17, 15) is 0 Å². The van der Waals surface area contributed by atoms with E-state index in [0.717, 1.165) is 11.8 Å². The largest absolute Gasteiger partial charge is 0.0599 e. The van der Waals surface area contributed by atoms with Crippen LogP contribution in [-0.4, -0.2) is 0 Å². The molecule has 4 bridgehead atoms. The molecule has 3 unspecified atom stereocenters. The molecule has 4 rings (SSSR count). The van der Waals surface area contributed by atoms with Gasteiger partial charge in [-0.15, -0.1) is 0 Å². The molecule has 4 aliphatic rings. The van der Waals surface area contributed by atoms with E-state index in [4.69, 9.17) is 0 Å². The summed E-state index contributed by atoms with van der Waals surface area (Å²) >= 11 is 0. The molecule has 0 heteroatoms. The van der Waals surface area contributed by atoms with Gasteiger partial charge in [0.05, 0.1) is 0 Å². The number of hydrogen-bond donors (Lipinski definition) is 0. The minimum absolute atomic E-state index is 0.606. The van der Waals surface area contributed by atoms with Crippen LogP contribution in [0.4, 0.5) is 0 Å². The Morgan fingerprint density at radius 3 is 1.73 bits per heavy atom. The predicted octanol–water partition coefficient (Wildman–Crippen LogP) is 2.93. The minimum atomic E-state index is 0.606.